The predicted octanol–water partition coefficient (Wildman–Crippen LogP) is 0.470. The van der Waals surface area contributed by atoms with Crippen LogP contribution in [-0.2, 0) is 11.3 Å². The second kappa shape index (κ2) is 5.72. The number of benzene rings is 1. The number of nitrogens with one attached hydrogen (secondary N) is 1. The number of rotatable bonds is 4. The Kier molecular flexibility index (Phi) is 4.58. The molecule has 1 amide bonds. The van der Waals surface area contributed by atoms with Gasteiger partial charge in [-0.3, -0.25) is 4.79 Å². The number of carboxylic acid groups (broad SMARTS) is 1. The van der Waals surface area contributed by atoms with Crippen LogP contribution in [0.3, 0.4) is 0 Å². The molecule has 0 radical (unpaired) electrons. The highest BCUT2D eigenvalue weighted by molar-refractivity contribution is 6.53. The first kappa shape index (κ1) is 12.8. The highest BCUT2D eigenvalue weighted by atomic mass is 35.5. The lowest BCUT2D eigenvalue weighted by molar-refractivity contribution is -0.255. The second-order valence-corrected chi connectivity index (χ2v) is 4.10. The van der Waals surface area contributed by atoms with Crippen LogP contribution in [0, 0.1) is 0 Å². The number of hydrogen-bond donors (Lipinski definition) is 1. The summed E-state index contributed by atoms with van der Waals surface area (Å²) in [5.41, 5.74) is 0.829. The zero-order valence-corrected chi connectivity index (χ0v) is 9.59. The van der Waals surface area contributed by atoms with Crippen molar-refractivity contribution in [3.8, 4) is 0 Å². The highest BCUT2D eigenvalue weighted by Gasteiger charge is 2.09. The summed E-state index contributed by atoms with van der Waals surface area (Å²) in [6.45, 7) is 0.238. The van der Waals surface area contributed by atoms with Crippen molar-refractivity contribution < 1.29 is 14.7 Å². The molecular formula is C10H8Cl2NO3-. The summed E-state index contributed by atoms with van der Waals surface area (Å²) in [6, 6.07) is 5.94. The van der Waals surface area contributed by atoms with Crippen molar-refractivity contribution in [3.05, 3.63) is 35.4 Å². The van der Waals surface area contributed by atoms with Crippen molar-refractivity contribution in [2.45, 2.75) is 11.4 Å². The van der Waals surface area contributed by atoms with E-state index in [1.165, 1.54) is 12.1 Å². The van der Waals surface area contributed by atoms with Crippen molar-refractivity contribution in [3.63, 3.8) is 0 Å². The first-order valence-electron chi connectivity index (χ1n) is 4.37. The molecule has 0 spiro atoms. The number of carbonyl (C=O) groups excluding carboxylic acids is 2. The van der Waals surface area contributed by atoms with Gasteiger partial charge in [-0.2, -0.15) is 0 Å². The van der Waals surface area contributed by atoms with Crippen LogP contribution in [0.4, 0.5) is 0 Å². The van der Waals surface area contributed by atoms with Gasteiger partial charge in [-0.15, -0.1) is 0 Å². The molecular weight excluding hydrogens is 253 g/mol. The molecule has 0 aliphatic rings. The SMILES string of the molecule is O=C([O-])c1ccc(CNC(=O)C(Cl)Cl)cc1. The van der Waals surface area contributed by atoms with Crippen molar-refractivity contribution in [1.29, 1.82) is 0 Å². The lowest BCUT2D eigenvalue weighted by atomic mass is 10.1. The van der Waals surface area contributed by atoms with Gasteiger partial charge in [-0.1, -0.05) is 47.5 Å². The molecule has 0 heterocycles. The topological polar surface area (TPSA) is 69.2 Å². The van der Waals surface area contributed by atoms with E-state index in [2.05, 4.69) is 5.32 Å². The molecule has 1 aromatic rings. The number of carboxylic acids is 1. The molecule has 16 heavy (non-hydrogen) atoms. The van der Waals surface area contributed by atoms with Gasteiger partial charge in [-0.25, -0.2) is 0 Å². The standard InChI is InChI=1S/C10H9Cl2NO3/c11-8(12)9(14)13-5-6-1-3-7(4-2-6)10(15)16/h1-4,8H,5H2,(H,13,14)(H,15,16)/p-1. The average Bonchev–Trinajstić information content (AvgIpc) is 2.26. The first-order valence-corrected chi connectivity index (χ1v) is 5.24. The Morgan fingerprint density at radius 1 is 1.25 bits per heavy atom. The minimum atomic E-state index is -1.24. The van der Waals surface area contributed by atoms with Crippen LogP contribution >= 0.6 is 23.2 Å². The zero-order chi connectivity index (χ0) is 12.1. The maximum atomic E-state index is 11.0. The average molecular weight is 261 g/mol. The van der Waals surface area contributed by atoms with Crippen molar-refractivity contribution >= 4 is 35.1 Å². The molecule has 4 nitrogen and oxygen atoms in total. The van der Waals surface area contributed by atoms with Gasteiger partial charge >= 0.3 is 0 Å². The van der Waals surface area contributed by atoms with E-state index >= 15 is 0 Å². The summed E-state index contributed by atoms with van der Waals surface area (Å²) in [4.78, 5) is 20.4. The Bertz CT molecular complexity index is 390. The minimum Gasteiger partial charge on any atom is -0.545 e. The molecule has 1 rings (SSSR count). The Balaban J connectivity index is 2.56. The van der Waals surface area contributed by atoms with Gasteiger partial charge in [-0.05, 0) is 11.1 Å². The zero-order valence-electron chi connectivity index (χ0n) is 8.07. The number of alkyl halides is 2. The summed E-state index contributed by atoms with van der Waals surface area (Å²) in [5, 5.41) is 12.9. The molecule has 0 saturated heterocycles. The Labute approximate surface area is 102 Å². The van der Waals surface area contributed by atoms with E-state index in [1.54, 1.807) is 12.1 Å². The fourth-order valence-corrected chi connectivity index (χ4v) is 1.18. The van der Waals surface area contributed by atoms with Gasteiger partial charge in [0.25, 0.3) is 5.91 Å². The van der Waals surface area contributed by atoms with Crippen LogP contribution in [0.25, 0.3) is 0 Å². The normalized spacial score (nSPS) is 10.2. The lowest BCUT2D eigenvalue weighted by Gasteiger charge is -2.07. The van der Waals surface area contributed by atoms with Crippen LogP contribution in [0.2, 0.25) is 0 Å². The van der Waals surface area contributed by atoms with Gasteiger partial charge in [0.2, 0.25) is 0 Å². The van der Waals surface area contributed by atoms with E-state index in [-0.39, 0.29) is 12.1 Å². The number of hydrogen-bond acceptors (Lipinski definition) is 3. The summed E-state index contributed by atoms with van der Waals surface area (Å²) in [7, 11) is 0. The Hall–Kier alpha value is -1.26. The van der Waals surface area contributed by atoms with Crippen LogP contribution in [0.5, 0.6) is 0 Å². The molecule has 0 aromatic heterocycles. The molecule has 86 valence electrons. The quantitative estimate of drug-likeness (QED) is 0.801. The van der Waals surface area contributed by atoms with Gasteiger partial charge in [0.05, 0.1) is 5.97 Å². The third-order valence-electron chi connectivity index (χ3n) is 1.85. The van der Waals surface area contributed by atoms with Crippen molar-refractivity contribution in [2.24, 2.45) is 0 Å². The molecule has 1 N–H and O–H groups in total. The van der Waals surface area contributed by atoms with Gasteiger partial charge in [0.1, 0.15) is 0 Å². The Morgan fingerprint density at radius 2 is 1.81 bits per heavy atom. The number of carbonyl (C=O) groups is 2. The molecule has 0 aliphatic carbocycles. The van der Waals surface area contributed by atoms with E-state index in [1.807, 2.05) is 0 Å². The summed E-state index contributed by atoms with van der Waals surface area (Å²) in [5.74, 6) is -1.73. The monoisotopic (exact) mass is 260 g/mol. The maximum absolute atomic E-state index is 11.0. The van der Waals surface area contributed by atoms with Gasteiger partial charge in [0.15, 0.2) is 4.84 Å². The number of aromatic carboxylic acids is 1. The molecule has 0 fully saturated rings. The van der Waals surface area contributed by atoms with E-state index < -0.39 is 16.7 Å². The third kappa shape index (κ3) is 3.72. The van der Waals surface area contributed by atoms with E-state index in [4.69, 9.17) is 23.2 Å². The second-order valence-electron chi connectivity index (χ2n) is 3.00. The van der Waals surface area contributed by atoms with Gasteiger partial charge < -0.3 is 15.2 Å². The van der Waals surface area contributed by atoms with Crippen LogP contribution < -0.4 is 10.4 Å². The summed E-state index contributed by atoms with van der Waals surface area (Å²) in [6.07, 6.45) is 0. The fourth-order valence-electron chi connectivity index (χ4n) is 1.03. The highest BCUT2D eigenvalue weighted by Crippen LogP contribution is 2.05. The smallest absolute Gasteiger partial charge is 0.253 e. The summed E-state index contributed by atoms with van der Waals surface area (Å²) < 4.78 is 0. The fraction of sp³-hybridized carbons (Fsp3) is 0.200. The van der Waals surface area contributed by atoms with E-state index in [0.29, 0.717) is 0 Å². The molecule has 1 aromatic carbocycles. The van der Waals surface area contributed by atoms with Crippen LogP contribution in [0.15, 0.2) is 24.3 Å². The molecule has 0 unspecified atom stereocenters. The van der Waals surface area contributed by atoms with E-state index in [0.717, 1.165) is 5.56 Å². The molecule has 0 bridgehead atoms. The molecule has 0 atom stereocenters. The molecule has 0 saturated carbocycles. The number of halogens is 2. The van der Waals surface area contributed by atoms with Crippen molar-refractivity contribution in [2.75, 3.05) is 0 Å². The predicted molar refractivity (Wildman–Crippen MR) is 58.1 cm³/mol. The molecule has 6 heteroatoms. The maximum Gasteiger partial charge on any atom is 0.253 e. The minimum absolute atomic E-state index is 0.0858. The first-order chi connectivity index (χ1) is 7.50. The Morgan fingerprint density at radius 3 is 2.25 bits per heavy atom. The molecule has 0 aliphatic heterocycles. The van der Waals surface area contributed by atoms with Crippen LogP contribution in [0.1, 0.15) is 15.9 Å². The van der Waals surface area contributed by atoms with Crippen LogP contribution in [-0.4, -0.2) is 16.7 Å². The van der Waals surface area contributed by atoms with Crippen molar-refractivity contribution in [1.82, 2.24) is 5.32 Å². The van der Waals surface area contributed by atoms with Gasteiger partial charge in [0, 0.05) is 6.54 Å². The lowest BCUT2D eigenvalue weighted by Crippen LogP contribution is -2.28. The largest absolute Gasteiger partial charge is 0.545 e. The third-order valence-corrected chi connectivity index (χ3v) is 2.25. The number of amides is 1. The van der Waals surface area contributed by atoms with E-state index in [9.17, 15) is 14.7 Å². The summed E-state index contributed by atoms with van der Waals surface area (Å²) >= 11 is 10.7.